The van der Waals surface area contributed by atoms with E-state index in [1.54, 1.807) is 6.07 Å². The minimum Gasteiger partial charge on any atom is -0.474 e. The maximum absolute atomic E-state index is 12.8. The Labute approximate surface area is 156 Å². The second kappa shape index (κ2) is 10.1. The maximum Gasteiger partial charge on any atom is 0.252 e. The Morgan fingerprint density at radius 2 is 1.85 bits per heavy atom. The summed E-state index contributed by atoms with van der Waals surface area (Å²) in [6.07, 6.45) is 1.94. The van der Waals surface area contributed by atoms with Crippen molar-refractivity contribution in [3.05, 3.63) is 35.9 Å². The smallest absolute Gasteiger partial charge is 0.252 e. The van der Waals surface area contributed by atoms with Gasteiger partial charge in [0.25, 0.3) is 5.91 Å². The largest absolute Gasteiger partial charge is 0.474 e. The molecule has 0 radical (unpaired) electrons. The van der Waals surface area contributed by atoms with Gasteiger partial charge in [-0.25, -0.2) is 4.98 Å². The fraction of sp³-hybridized carbons (Fsp3) is 0.524. The van der Waals surface area contributed by atoms with Gasteiger partial charge in [-0.05, 0) is 32.0 Å². The lowest BCUT2D eigenvalue weighted by atomic mass is 10.1. The molecule has 0 saturated carbocycles. The van der Waals surface area contributed by atoms with E-state index in [2.05, 4.69) is 42.9 Å². The number of nitrogens with one attached hydrogen (secondary N) is 1. The Morgan fingerprint density at radius 3 is 2.50 bits per heavy atom. The highest BCUT2D eigenvalue weighted by Crippen LogP contribution is 2.23. The average molecular weight is 357 g/mol. The van der Waals surface area contributed by atoms with E-state index in [0.717, 1.165) is 43.4 Å². The third kappa shape index (κ3) is 5.18. The number of aromatic nitrogens is 1. The first-order valence-electron chi connectivity index (χ1n) is 9.69. The standard InChI is InChI=1S/C21H31N3O2/c1-5-16(6-2)26-20-15-18(17-11-9-10-12-19(17)23-20)21(25)22-13-14-24(7-3)8-4/h9-12,15-16H,5-8,13-14H2,1-4H3,(H,22,25). The van der Waals surface area contributed by atoms with Crippen LogP contribution in [0.15, 0.2) is 30.3 Å². The predicted molar refractivity (Wildman–Crippen MR) is 107 cm³/mol. The van der Waals surface area contributed by atoms with Crippen LogP contribution in [0.2, 0.25) is 0 Å². The number of pyridine rings is 1. The Morgan fingerprint density at radius 1 is 1.15 bits per heavy atom. The molecule has 0 atom stereocenters. The fourth-order valence-electron chi connectivity index (χ4n) is 2.99. The predicted octanol–water partition coefficient (Wildman–Crippen LogP) is 3.87. The van der Waals surface area contributed by atoms with E-state index in [0.29, 0.717) is 18.0 Å². The zero-order valence-electron chi connectivity index (χ0n) is 16.4. The molecule has 0 spiro atoms. The fourth-order valence-corrected chi connectivity index (χ4v) is 2.99. The van der Waals surface area contributed by atoms with Crippen LogP contribution in [0.1, 0.15) is 50.9 Å². The summed E-state index contributed by atoms with van der Waals surface area (Å²) in [6, 6.07) is 9.48. The van der Waals surface area contributed by atoms with E-state index in [4.69, 9.17) is 4.74 Å². The highest BCUT2D eigenvalue weighted by Gasteiger charge is 2.15. The Balaban J connectivity index is 2.22. The van der Waals surface area contributed by atoms with Crippen LogP contribution in [-0.2, 0) is 0 Å². The van der Waals surface area contributed by atoms with Crippen molar-refractivity contribution in [3.63, 3.8) is 0 Å². The molecule has 142 valence electrons. The summed E-state index contributed by atoms with van der Waals surface area (Å²) in [5.41, 5.74) is 1.40. The van der Waals surface area contributed by atoms with Gasteiger partial charge < -0.3 is 15.0 Å². The summed E-state index contributed by atoms with van der Waals surface area (Å²) in [7, 11) is 0. The van der Waals surface area contributed by atoms with Gasteiger partial charge in [-0.1, -0.05) is 45.9 Å². The van der Waals surface area contributed by atoms with Gasteiger partial charge in [-0.3, -0.25) is 4.79 Å². The Kier molecular flexibility index (Phi) is 7.85. The Bertz CT molecular complexity index is 709. The molecule has 1 aromatic heterocycles. The molecule has 26 heavy (non-hydrogen) atoms. The number of hydrogen-bond donors (Lipinski definition) is 1. The Hall–Kier alpha value is -2.14. The lowest BCUT2D eigenvalue weighted by Crippen LogP contribution is -2.34. The number of benzene rings is 1. The summed E-state index contributed by atoms with van der Waals surface area (Å²) >= 11 is 0. The number of hydrogen-bond acceptors (Lipinski definition) is 4. The number of para-hydroxylation sites is 1. The molecule has 0 unspecified atom stereocenters. The van der Waals surface area contributed by atoms with Crippen LogP contribution < -0.4 is 10.1 Å². The average Bonchev–Trinajstić information content (AvgIpc) is 2.68. The van der Waals surface area contributed by atoms with Crippen LogP contribution in [0.5, 0.6) is 5.88 Å². The molecule has 1 heterocycles. The lowest BCUT2D eigenvalue weighted by Gasteiger charge is -2.19. The van der Waals surface area contributed by atoms with Gasteiger partial charge in [0.2, 0.25) is 5.88 Å². The van der Waals surface area contributed by atoms with Crippen molar-refractivity contribution in [3.8, 4) is 5.88 Å². The van der Waals surface area contributed by atoms with Crippen molar-refractivity contribution >= 4 is 16.8 Å². The van der Waals surface area contributed by atoms with Crippen molar-refractivity contribution in [1.82, 2.24) is 15.2 Å². The second-order valence-electron chi connectivity index (χ2n) is 6.36. The molecule has 0 aliphatic rings. The van der Waals surface area contributed by atoms with Crippen LogP contribution in [-0.4, -0.2) is 48.1 Å². The molecule has 0 aliphatic heterocycles. The normalized spacial score (nSPS) is 11.3. The van der Waals surface area contributed by atoms with Crippen LogP contribution in [0.25, 0.3) is 10.9 Å². The van der Waals surface area contributed by atoms with E-state index >= 15 is 0 Å². The van der Waals surface area contributed by atoms with Gasteiger partial charge in [-0.2, -0.15) is 0 Å². The third-order valence-electron chi connectivity index (χ3n) is 4.74. The molecular weight excluding hydrogens is 326 g/mol. The van der Waals surface area contributed by atoms with E-state index < -0.39 is 0 Å². The SMILES string of the molecule is CCC(CC)Oc1cc(C(=O)NCCN(CC)CC)c2ccccc2n1. The van der Waals surface area contributed by atoms with Gasteiger partial charge in [0.15, 0.2) is 0 Å². The monoisotopic (exact) mass is 357 g/mol. The van der Waals surface area contributed by atoms with Crippen LogP contribution in [0.3, 0.4) is 0 Å². The van der Waals surface area contributed by atoms with Gasteiger partial charge in [0.1, 0.15) is 0 Å². The van der Waals surface area contributed by atoms with Crippen molar-refractivity contribution in [2.24, 2.45) is 0 Å². The molecule has 2 aromatic rings. The molecule has 0 aliphatic carbocycles. The van der Waals surface area contributed by atoms with Gasteiger partial charge >= 0.3 is 0 Å². The first-order chi connectivity index (χ1) is 12.6. The number of amides is 1. The minimum absolute atomic E-state index is 0.0786. The zero-order valence-corrected chi connectivity index (χ0v) is 16.4. The number of carbonyl (C=O) groups is 1. The molecular formula is C21H31N3O2. The first kappa shape index (κ1) is 20.2. The summed E-state index contributed by atoms with van der Waals surface area (Å²) in [6.45, 7) is 11.9. The first-order valence-corrected chi connectivity index (χ1v) is 9.69. The molecule has 1 amide bonds. The minimum atomic E-state index is -0.0786. The molecule has 5 nitrogen and oxygen atoms in total. The topological polar surface area (TPSA) is 54.5 Å². The number of carbonyl (C=O) groups excluding carboxylic acids is 1. The molecule has 5 heteroatoms. The number of fused-ring (bicyclic) bond motifs is 1. The molecule has 1 N–H and O–H groups in total. The molecule has 1 aromatic carbocycles. The summed E-state index contributed by atoms with van der Waals surface area (Å²) < 4.78 is 5.99. The summed E-state index contributed by atoms with van der Waals surface area (Å²) in [4.78, 5) is 19.6. The van der Waals surface area contributed by atoms with Crippen LogP contribution in [0, 0.1) is 0 Å². The highest BCUT2D eigenvalue weighted by atomic mass is 16.5. The molecule has 0 bridgehead atoms. The molecule has 0 saturated heterocycles. The number of likely N-dealkylation sites (N-methyl/N-ethyl adjacent to an activating group) is 1. The van der Waals surface area contributed by atoms with Crippen LogP contribution in [0.4, 0.5) is 0 Å². The maximum atomic E-state index is 12.8. The number of rotatable bonds is 10. The zero-order chi connectivity index (χ0) is 18.9. The van der Waals surface area contributed by atoms with E-state index in [-0.39, 0.29) is 12.0 Å². The molecule has 2 rings (SSSR count). The number of ether oxygens (including phenoxy) is 1. The van der Waals surface area contributed by atoms with E-state index in [9.17, 15) is 4.79 Å². The van der Waals surface area contributed by atoms with Crippen molar-refractivity contribution in [2.45, 2.75) is 46.6 Å². The summed E-state index contributed by atoms with van der Waals surface area (Å²) in [5, 5.41) is 3.89. The highest BCUT2D eigenvalue weighted by molar-refractivity contribution is 6.06. The van der Waals surface area contributed by atoms with Crippen molar-refractivity contribution < 1.29 is 9.53 Å². The van der Waals surface area contributed by atoms with Crippen LogP contribution >= 0.6 is 0 Å². The lowest BCUT2D eigenvalue weighted by molar-refractivity contribution is 0.0949. The quantitative estimate of drug-likeness (QED) is 0.701. The molecule has 0 fully saturated rings. The van der Waals surface area contributed by atoms with Gasteiger partial charge in [-0.15, -0.1) is 0 Å². The summed E-state index contributed by atoms with van der Waals surface area (Å²) in [5.74, 6) is 0.441. The van der Waals surface area contributed by atoms with E-state index in [1.165, 1.54) is 0 Å². The van der Waals surface area contributed by atoms with Crippen molar-refractivity contribution in [2.75, 3.05) is 26.2 Å². The van der Waals surface area contributed by atoms with Crippen molar-refractivity contribution in [1.29, 1.82) is 0 Å². The van der Waals surface area contributed by atoms with Gasteiger partial charge in [0.05, 0.1) is 17.2 Å². The van der Waals surface area contributed by atoms with Gasteiger partial charge in [0, 0.05) is 24.5 Å². The number of nitrogens with zero attached hydrogens (tertiary/aromatic N) is 2. The second-order valence-corrected chi connectivity index (χ2v) is 6.36. The van der Waals surface area contributed by atoms with E-state index in [1.807, 2.05) is 24.3 Å². The third-order valence-corrected chi connectivity index (χ3v) is 4.74.